The first-order valence-corrected chi connectivity index (χ1v) is 8.15. The van der Waals surface area contributed by atoms with Gasteiger partial charge in [0.15, 0.2) is 11.5 Å². The lowest BCUT2D eigenvalue weighted by atomic mass is 10.2. The Bertz CT molecular complexity index is 800. The zero-order chi connectivity index (χ0) is 16.8. The summed E-state index contributed by atoms with van der Waals surface area (Å²) in [5.41, 5.74) is 3.07. The van der Waals surface area contributed by atoms with Gasteiger partial charge in [-0.15, -0.1) is 11.3 Å². The van der Waals surface area contributed by atoms with Gasteiger partial charge in [-0.2, -0.15) is 0 Å². The van der Waals surface area contributed by atoms with Crippen molar-refractivity contribution in [3.63, 3.8) is 0 Å². The molecule has 0 aliphatic heterocycles. The first kappa shape index (κ1) is 16.0. The number of hydrogen-bond acceptors (Lipinski definition) is 6. The van der Waals surface area contributed by atoms with E-state index in [0.29, 0.717) is 29.4 Å². The third kappa shape index (κ3) is 3.91. The number of aromatic nitrogens is 1. The SMILES string of the molecule is COc1ccccc1OC(=O)c1ccc(OCc2cscn2)cc1. The predicted octanol–water partition coefficient (Wildman–Crippen LogP) is 3.95. The molecule has 1 heterocycles. The topological polar surface area (TPSA) is 57.7 Å². The molecule has 24 heavy (non-hydrogen) atoms. The highest BCUT2D eigenvalue weighted by Crippen LogP contribution is 2.27. The van der Waals surface area contributed by atoms with Crippen LogP contribution in [0.4, 0.5) is 0 Å². The molecule has 0 saturated heterocycles. The summed E-state index contributed by atoms with van der Waals surface area (Å²) in [7, 11) is 1.53. The van der Waals surface area contributed by atoms with Crippen LogP contribution in [-0.4, -0.2) is 18.1 Å². The number of thiazole rings is 1. The molecule has 1 aromatic heterocycles. The summed E-state index contributed by atoms with van der Waals surface area (Å²) in [6, 6.07) is 13.8. The maximum atomic E-state index is 12.2. The first-order valence-electron chi connectivity index (χ1n) is 7.21. The predicted molar refractivity (Wildman–Crippen MR) is 90.8 cm³/mol. The molecule has 0 atom stereocenters. The number of benzene rings is 2. The molecule has 0 amide bonds. The Kier molecular flexibility index (Phi) is 5.08. The van der Waals surface area contributed by atoms with Crippen molar-refractivity contribution >= 4 is 17.3 Å². The highest BCUT2D eigenvalue weighted by Gasteiger charge is 2.12. The van der Waals surface area contributed by atoms with Gasteiger partial charge in [-0.1, -0.05) is 12.1 Å². The van der Waals surface area contributed by atoms with Crippen molar-refractivity contribution in [2.45, 2.75) is 6.61 Å². The van der Waals surface area contributed by atoms with E-state index in [1.807, 2.05) is 11.4 Å². The van der Waals surface area contributed by atoms with Gasteiger partial charge < -0.3 is 14.2 Å². The van der Waals surface area contributed by atoms with Gasteiger partial charge in [-0.25, -0.2) is 9.78 Å². The average Bonchev–Trinajstić information content (AvgIpc) is 3.14. The lowest BCUT2D eigenvalue weighted by Gasteiger charge is -2.09. The second-order valence-electron chi connectivity index (χ2n) is 4.83. The molecule has 3 rings (SSSR count). The van der Waals surface area contributed by atoms with Crippen LogP contribution in [-0.2, 0) is 6.61 Å². The zero-order valence-corrected chi connectivity index (χ0v) is 13.8. The molecular formula is C18H15NO4S. The summed E-state index contributed by atoms with van der Waals surface area (Å²) in [4.78, 5) is 16.4. The second kappa shape index (κ2) is 7.61. The summed E-state index contributed by atoms with van der Waals surface area (Å²) in [6.07, 6.45) is 0. The van der Waals surface area contributed by atoms with E-state index in [-0.39, 0.29) is 0 Å². The van der Waals surface area contributed by atoms with Crippen molar-refractivity contribution < 1.29 is 19.0 Å². The minimum Gasteiger partial charge on any atom is -0.493 e. The van der Waals surface area contributed by atoms with Crippen molar-refractivity contribution in [2.75, 3.05) is 7.11 Å². The molecule has 0 fully saturated rings. The standard InChI is InChI=1S/C18H15NO4S/c1-21-16-4-2-3-5-17(16)23-18(20)13-6-8-15(9-7-13)22-10-14-11-24-12-19-14/h2-9,11-12H,10H2,1H3. The summed E-state index contributed by atoms with van der Waals surface area (Å²) >= 11 is 1.52. The molecule has 2 aromatic carbocycles. The summed E-state index contributed by atoms with van der Waals surface area (Å²) in [6.45, 7) is 0.397. The number of carbonyl (C=O) groups is 1. The van der Waals surface area contributed by atoms with Crippen LogP contribution in [0.1, 0.15) is 16.1 Å². The highest BCUT2D eigenvalue weighted by molar-refractivity contribution is 7.07. The molecule has 0 unspecified atom stereocenters. The molecule has 0 N–H and O–H groups in total. The van der Waals surface area contributed by atoms with E-state index >= 15 is 0 Å². The molecule has 122 valence electrons. The second-order valence-corrected chi connectivity index (χ2v) is 5.55. The smallest absolute Gasteiger partial charge is 0.343 e. The Morgan fingerprint density at radius 1 is 1.08 bits per heavy atom. The lowest BCUT2D eigenvalue weighted by molar-refractivity contribution is 0.0729. The van der Waals surface area contributed by atoms with Gasteiger partial charge in [0, 0.05) is 5.38 Å². The zero-order valence-electron chi connectivity index (χ0n) is 13.0. The fraction of sp³-hybridized carbons (Fsp3) is 0.111. The quantitative estimate of drug-likeness (QED) is 0.502. The van der Waals surface area contributed by atoms with Crippen molar-refractivity contribution in [1.82, 2.24) is 4.98 Å². The fourth-order valence-corrected chi connectivity index (χ4v) is 2.56. The van der Waals surface area contributed by atoms with Gasteiger partial charge in [-0.05, 0) is 36.4 Å². The van der Waals surface area contributed by atoms with E-state index in [0.717, 1.165) is 5.69 Å². The van der Waals surface area contributed by atoms with Gasteiger partial charge in [-0.3, -0.25) is 0 Å². The van der Waals surface area contributed by atoms with Crippen molar-refractivity contribution in [1.29, 1.82) is 0 Å². The number of esters is 1. The third-order valence-electron chi connectivity index (χ3n) is 3.23. The minimum absolute atomic E-state index is 0.383. The van der Waals surface area contributed by atoms with Gasteiger partial charge in [0.25, 0.3) is 0 Å². The van der Waals surface area contributed by atoms with Crippen LogP contribution in [0.3, 0.4) is 0 Å². The number of nitrogens with zero attached hydrogens (tertiary/aromatic N) is 1. The molecule has 0 aliphatic rings. The molecule has 0 saturated carbocycles. The number of hydrogen-bond donors (Lipinski definition) is 0. The summed E-state index contributed by atoms with van der Waals surface area (Å²) in [5, 5.41) is 1.93. The van der Waals surface area contributed by atoms with Crippen LogP contribution in [0.2, 0.25) is 0 Å². The third-order valence-corrected chi connectivity index (χ3v) is 3.87. The van der Waals surface area contributed by atoms with Crippen LogP contribution in [0.25, 0.3) is 0 Å². The van der Waals surface area contributed by atoms with Crippen molar-refractivity contribution in [2.24, 2.45) is 0 Å². The van der Waals surface area contributed by atoms with Crippen LogP contribution >= 0.6 is 11.3 Å². The van der Waals surface area contributed by atoms with Gasteiger partial charge >= 0.3 is 5.97 Å². The molecule has 6 heteroatoms. The molecule has 0 spiro atoms. The largest absolute Gasteiger partial charge is 0.493 e. The monoisotopic (exact) mass is 341 g/mol. The average molecular weight is 341 g/mol. The van der Waals surface area contributed by atoms with Crippen LogP contribution in [0.15, 0.2) is 59.4 Å². The molecule has 3 aromatic rings. The van der Waals surface area contributed by atoms with Crippen LogP contribution in [0, 0.1) is 0 Å². The number of carbonyl (C=O) groups excluding carboxylic acids is 1. The molecule has 0 radical (unpaired) electrons. The number of methoxy groups -OCH3 is 1. The van der Waals surface area contributed by atoms with Gasteiger partial charge in [0.2, 0.25) is 0 Å². The number of ether oxygens (including phenoxy) is 3. The fourth-order valence-electron chi connectivity index (χ4n) is 2.02. The van der Waals surface area contributed by atoms with Crippen molar-refractivity contribution in [3.05, 3.63) is 70.7 Å². The maximum Gasteiger partial charge on any atom is 0.343 e. The summed E-state index contributed by atoms with van der Waals surface area (Å²) < 4.78 is 16.1. The van der Waals surface area contributed by atoms with E-state index in [1.165, 1.54) is 18.4 Å². The van der Waals surface area contributed by atoms with E-state index in [1.54, 1.807) is 48.0 Å². The van der Waals surface area contributed by atoms with Gasteiger partial charge in [0.1, 0.15) is 12.4 Å². The first-order chi connectivity index (χ1) is 11.8. The number of rotatable bonds is 6. The number of para-hydroxylation sites is 2. The van der Waals surface area contributed by atoms with E-state index in [2.05, 4.69) is 4.98 Å². The Balaban J connectivity index is 1.63. The minimum atomic E-state index is -0.453. The van der Waals surface area contributed by atoms with E-state index in [9.17, 15) is 4.79 Å². The molecular weight excluding hydrogens is 326 g/mol. The van der Waals surface area contributed by atoms with E-state index < -0.39 is 5.97 Å². The highest BCUT2D eigenvalue weighted by atomic mass is 32.1. The molecule has 0 aliphatic carbocycles. The van der Waals surface area contributed by atoms with E-state index in [4.69, 9.17) is 14.2 Å². The van der Waals surface area contributed by atoms with Crippen molar-refractivity contribution in [3.8, 4) is 17.2 Å². The maximum absolute atomic E-state index is 12.2. The van der Waals surface area contributed by atoms with Crippen LogP contribution < -0.4 is 14.2 Å². The normalized spacial score (nSPS) is 10.2. The molecule has 5 nitrogen and oxygen atoms in total. The Morgan fingerprint density at radius 2 is 1.83 bits per heavy atom. The van der Waals surface area contributed by atoms with Gasteiger partial charge in [0.05, 0.1) is 23.9 Å². The Morgan fingerprint density at radius 3 is 2.50 bits per heavy atom. The molecule has 0 bridgehead atoms. The van der Waals surface area contributed by atoms with Crippen LogP contribution in [0.5, 0.6) is 17.2 Å². The summed E-state index contributed by atoms with van der Waals surface area (Å²) in [5.74, 6) is 1.10. The Labute approximate surface area is 143 Å². The Hall–Kier alpha value is -2.86. The lowest BCUT2D eigenvalue weighted by Crippen LogP contribution is -2.09.